The van der Waals surface area contributed by atoms with Crippen molar-refractivity contribution >= 4 is 35.2 Å². The number of aromatic nitrogens is 2. The minimum atomic E-state index is -0.175. The highest BCUT2D eigenvalue weighted by atomic mass is 35.5. The number of nitrogens with zero attached hydrogens (tertiary/aromatic N) is 3. The standard InChI is InChI=1S/C16H19ClN4O3S/c1-3-18-13(22)9-21(4-2)14(23)10-25-16-20-19-15(24-16)11-5-7-12(17)8-6-11/h5-8H,3-4,9-10H2,1-2H3,(H,18,22). The van der Waals surface area contributed by atoms with E-state index in [1.54, 1.807) is 24.3 Å². The van der Waals surface area contributed by atoms with Crippen LogP contribution < -0.4 is 5.32 Å². The molecule has 0 unspecified atom stereocenters. The van der Waals surface area contributed by atoms with Crippen LogP contribution in [0.15, 0.2) is 33.9 Å². The van der Waals surface area contributed by atoms with E-state index in [-0.39, 0.29) is 24.1 Å². The number of amides is 2. The van der Waals surface area contributed by atoms with Gasteiger partial charge in [0.25, 0.3) is 5.22 Å². The lowest BCUT2D eigenvalue weighted by atomic mass is 10.2. The fraction of sp³-hybridized carbons (Fsp3) is 0.375. The number of carbonyl (C=O) groups excluding carboxylic acids is 2. The molecule has 2 aromatic rings. The van der Waals surface area contributed by atoms with Gasteiger partial charge >= 0.3 is 0 Å². The van der Waals surface area contributed by atoms with E-state index in [1.807, 2.05) is 13.8 Å². The van der Waals surface area contributed by atoms with Gasteiger partial charge in [-0.3, -0.25) is 9.59 Å². The van der Waals surface area contributed by atoms with E-state index in [0.717, 1.165) is 17.3 Å². The van der Waals surface area contributed by atoms with Crippen molar-refractivity contribution in [1.82, 2.24) is 20.4 Å². The number of rotatable bonds is 8. The summed E-state index contributed by atoms with van der Waals surface area (Å²) in [5.74, 6) is 0.145. The van der Waals surface area contributed by atoms with Crippen molar-refractivity contribution in [3.63, 3.8) is 0 Å². The number of carbonyl (C=O) groups is 2. The molecule has 2 amide bonds. The van der Waals surface area contributed by atoms with Crippen LogP contribution in [-0.2, 0) is 9.59 Å². The van der Waals surface area contributed by atoms with Gasteiger partial charge < -0.3 is 14.6 Å². The molecule has 25 heavy (non-hydrogen) atoms. The predicted octanol–water partition coefficient (Wildman–Crippen LogP) is 2.47. The average Bonchev–Trinajstić information content (AvgIpc) is 3.07. The Balaban J connectivity index is 1.91. The first kappa shape index (κ1) is 19.3. The van der Waals surface area contributed by atoms with Crippen molar-refractivity contribution in [2.75, 3.05) is 25.4 Å². The van der Waals surface area contributed by atoms with E-state index in [9.17, 15) is 9.59 Å². The first-order valence-electron chi connectivity index (χ1n) is 7.80. The van der Waals surface area contributed by atoms with Gasteiger partial charge in [0, 0.05) is 23.7 Å². The Kier molecular flexibility index (Phi) is 7.27. The Hall–Kier alpha value is -2.06. The highest BCUT2D eigenvalue weighted by Crippen LogP contribution is 2.24. The molecule has 1 N–H and O–H groups in total. The SMILES string of the molecule is CCNC(=O)CN(CC)C(=O)CSc1nnc(-c2ccc(Cl)cc2)o1. The Morgan fingerprint density at radius 2 is 1.96 bits per heavy atom. The molecule has 0 saturated heterocycles. The Labute approximate surface area is 155 Å². The molecule has 0 aliphatic heterocycles. The summed E-state index contributed by atoms with van der Waals surface area (Å²) in [6.45, 7) is 4.70. The maximum absolute atomic E-state index is 12.2. The molecule has 0 fully saturated rings. The molecule has 0 aliphatic carbocycles. The number of hydrogen-bond acceptors (Lipinski definition) is 6. The molecule has 2 rings (SSSR count). The number of nitrogens with one attached hydrogen (secondary N) is 1. The van der Waals surface area contributed by atoms with Crippen LogP contribution in [0.4, 0.5) is 0 Å². The molecular formula is C16H19ClN4O3S. The Bertz CT molecular complexity index is 720. The smallest absolute Gasteiger partial charge is 0.277 e. The molecule has 1 aromatic carbocycles. The fourth-order valence-electron chi connectivity index (χ4n) is 1.99. The van der Waals surface area contributed by atoms with Gasteiger partial charge in [0.15, 0.2) is 0 Å². The van der Waals surface area contributed by atoms with Crippen LogP contribution in [0, 0.1) is 0 Å². The van der Waals surface area contributed by atoms with Crippen molar-refractivity contribution in [2.24, 2.45) is 0 Å². The lowest BCUT2D eigenvalue weighted by Crippen LogP contribution is -2.41. The number of benzene rings is 1. The molecule has 0 bridgehead atoms. The lowest BCUT2D eigenvalue weighted by molar-refractivity contribution is -0.133. The largest absolute Gasteiger partial charge is 0.411 e. The zero-order chi connectivity index (χ0) is 18.2. The second-order valence-corrected chi connectivity index (χ2v) is 6.39. The van der Waals surface area contributed by atoms with Crippen LogP contribution in [0.25, 0.3) is 11.5 Å². The summed E-state index contributed by atoms with van der Waals surface area (Å²) in [5, 5.41) is 11.5. The zero-order valence-corrected chi connectivity index (χ0v) is 15.6. The van der Waals surface area contributed by atoms with Crippen LogP contribution >= 0.6 is 23.4 Å². The van der Waals surface area contributed by atoms with Crippen LogP contribution in [0.5, 0.6) is 0 Å². The van der Waals surface area contributed by atoms with Crippen molar-refractivity contribution in [3.05, 3.63) is 29.3 Å². The van der Waals surface area contributed by atoms with Crippen molar-refractivity contribution in [3.8, 4) is 11.5 Å². The van der Waals surface area contributed by atoms with Gasteiger partial charge in [0.1, 0.15) is 0 Å². The van der Waals surface area contributed by atoms with E-state index in [2.05, 4.69) is 15.5 Å². The highest BCUT2D eigenvalue weighted by molar-refractivity contribution is 7.99. The molecule has 0 radical (unpaired) electrons. The molecule has 9 heteroatoms. The molecule has 0 saturated carbocycles. The summed E-state index contributed by atoms with van der Waals surface area (Å²) >= 11 is 6.99. The van der Waals surface area contributed by atoms with Crippen LogP contribution in [0.2, 0.25) is 5.02 Å². The molecule has 1 aromatic heterocycles. The number of halogens is 1. The molecule has 0 atom stereocenters. The second kappa shape index (κ2) is 9.43. The van der Waals surface area contributed by atoms with Crippen LogP contribution in [0.3, 0.4) is 0 Å². The maximum atomic E-state index is 12.2. The topological polar surface area (TPSA) is 88.3 Å². The lowest BCUT2D eigenvalue weighted by Gasteiger charge is -2.19. The van der Waals surface area contributed by atoms with E-state index in [0.29, 0.717) is 29.2 Å². The number of likely N-dealkylation sites (N-methyl/N-ethyl adjacent to an activating group) is 2. The molecule has 0 aliphatic rings. The van der Waals surface area contributed by atoms with E-state index >= 15 is 0 Å². The van der Waals surface area contributed by atoms with Crippen LogP contribution in [-0.4, -0.2) is 52.3 Å². The summed E-state index contributed by atoms with van der Waals surface area (Å²) in [6.07, 6.45) is 0. The van der Waals surface area contributed by atoms with E-state index in [1.165, 1.54) is 4.90 Å². The van der Waals surface area contributed by atoms with Gasteiger partial charge in [-0.05, 0) is 38.1 Å². The van der Waals surface area contributed by atoms with Gasteiger partial charge in [-0.25, -0.2) is 0 Å². The minimum Gasteiger partial charge on any atom is -0.411 e. The third-order valence-electron chi connectivity index (χ3n) is 3.26. The zero-order valence-electron chi connectivity index (χ0n) is 14.0. The summed E-state index contributed by atoms with van der Waals surface area (Å²) in [4.78, 5) is 25.3. The summed E-state index contributed by atoms with van der Waals surface area (Å²) in [6, 6.07) is 7.02. The van der Waals surface area contributed by atoms with Crippen LogP contribution in [0.1, 0.15) is 13.8 Å². The Morgan fingerprint density at radius 3 is 2.60 bits per heavy atom. The average molecular weight is 383 g/mol. The normalized spacial score (nSPS) is 10.5. The minimum absolute atomic E-state index is 0.0452. The van der Waals surface area contributed by atoms with E-state index in [4.69, 9.17) is 16.0 Å². The highest BCUT2D eigenvalue weighted by Gasteiger charge is 2.17. The van der Waals surface area contributed by atoms with Gasteiger partial charge in [-0.1, -0.05) is 23.4 Å². The summed E-state index contributed by atoms with van der Waals surface area (Å²) in [5.41, 5.74) is 0.751. The third-order valence-corrected chi connectivity index (χ3v) is 4.31. The van der Waals surface area contributed by atoms with Gasteiger partial charge in [-0.15, -0.1) is 10.2 Å². The summed E-state index contributed by atoms with van der Waals surface area (Å²) < 4.78 is 5.54. The van der Waals surface area contributed by atoms with Gasteiger partial charge in [0.05, 0.1) is 12.3 Å². The molecule has 134 valence electrons. The molecule has 0 spiro atoms. The molecular weight excluding hydrogens is 364 g/mol. The van der Waals surface area contributed by atoms with Crippen molar-refractivity contribution in [1.29, 1.82) is 0 Å². The second-order valence-electron chi connectivity index (χ2n) is 5.03. The molecule has 1 heterocycles. The molecule has 7 nitrogen and oxygen atoms in total. The summed E-state index contributed by atoms with van der Waals surface area (Å²) in [7, 11) is 0. The maximum Gasteiger partial charge on any atom is 0.277 e. The predicted molar refractivity (Wildman–Crippen MR) is 96.4 cm³/mol. The fourth-order valence-corrected chi connectivity index (χ4v) is 2.79. The van der Waals surface area contributed by atoms with Crippen molar-refractivity contribution in [2.45, 2.75) is 19.1 Å². The monoisotopic (exact) mass is 382 g/mol. The van der Waals surface area contributed by atoms with Crippen molar-refractivity contribution < 1.29 is 14.0 Å². The first-order valence-corrected chi connectivity index (χ1v) is 9.16. The quantitative estimate of drug-likeness (QED) is 0.705. The van der Waals surface area contributed by atoms with Gasteiger partial charge in [-0.2, -0.15) is 0 Å². The Morgan fingerprint density at radius 1 is 1.24 bits per heavy atom. The van der Waals surface area contributed by atoms with Gasteiger partial charge in [0.2, 0.25) is 17.7 Å². The number of hydrogen-bond donors (Lipinski definition) is 1. The van der Waals surface area contributed by atoms with E-state index < -0.39 is 0 Å². The number of thioether (sulfide) groups is 1. The first-order chi connectivity index (χ1) is 12.0. The third kappa shape index (κ3) is 5.75.